The molecular weight excluding hydrogens is 217 g/mol. The third-order valence-corrected chi connectivity index (χ3v) is 1.83. The van der Waals surface area contributed by atoms with E-state index in [1.807, 2.05) is 20.8 Å². The van der Waals surface area contributed by atoms with Crippen molar-refractivity contribution in [1.82, 2.24) is 4.98 Å². The Morgan fingerprint density at radius 3 is 2.60 bits per heavy atom. The van der Waals surface area contributed by atoms with Gasteiger partial charge in [-0.2, -0.15) is 5.26 Å². The average molecular weight is 228 g/mol. The van der Waals surface area contributed by atoms with E-state index >= 15 is 0 Å². The molecule has 0 radical (unpaired) electrons. The first-order valence-electron chi connectivity index (χ1n) is 4.38. The number of rotatable bonds is 1. The molecule has 80 valence electrons. The Morgan fingerprint density at radius 1 is 1.53 bits per heavy atom. The van der Waals surface area contributed by atoms with Gasteiger partial charge in [-0.1, -0.05) is 11.6 Å². The standard InChI is InChI=1S/C10H11ClFN3/c1-10(2,3)15-9-7(12)4-6(5-13)8(11)14-9/h4H,1-3H3,(H,14,15). The third kappa shape index (κ3) is 3.07. The molecule has 0 unspecified atom stereocenters. The Kier molecular flexibility index (Phi) is 3.15. The first kappa shape index (κ1) is 11.7. The van der Waals surface area contributed by atoms with Crippen LogP contribution in [0.3, 0.4) is 0 Å². The van der Waals surface area contributed by atoms with Crippen molar-refractivity contribution in [2.24, 2.45) is 0 Å². The van der Waals surface area contributed by atoms with Crippen LogP contribution in [0.15, 0.2) is 6.07 Å². The van der Waals surface area contributed by atoms with E-state index < -0.39 is 5.82 Å². The smallest absolute Gasteiger partial charge is 0.166 e. The Hall–Kier alpha value is -1.34. The van der Waals surface area contributed by atoms with Gasteiger partial charge >= 0.3 is 0 Å². The van der Waals surface area contributed by atoms with E-state index in [0.29, 0.717) is 0 Å². The molecule has 1 aromatic heterocycles. The second-order valence-corrected chi connectivity index (χ2v) is 4.50. The fourth-order valence-corrected chi connectivity index (χ4v) is 1.17. The molecule has 5 heteroatoms. The third-order valence-electron chi connectivity index (χ3n) is 1.54. The summed E-state index contributed by atoms with van der Waals surface area (Å²) in [4.78, 5) is 3.79. The summed E-state index contributed by atoms with van der Waals surface area (Å²) in [5.41, 5.74) is -0.278. The van der Waals surface area contributed by atoms with E-state index in [1.54, 1.807) is 6.07 Å². The number of nitriles is 1. The summed E-state index contributed by atoms with van der Waals surface area (Å²) in [6, 6.07) is 2.84. The van der Waals surface area contributed by atoms with Crippen LogP contribution < -0.4 is 5.32 Å². The molecule has 1 heterocycles. The molecule has 0 aliphatic rings. The molecule has 0 fully saturated rings. The van der Waals surface area contributed by atoms with E-state index in [-0.39, 0.29) is 22.1 Å². The van der Waals surface area contributed by atoms with E-state index in [4.69, 9.17) is 16.9 Å². The fourth-order valence-electron chi connectivity index (χ4n) is 0.988. The van der Waals surface area contributed by atoms with Gasteiger partial charge in [-0.25, -0.2) is 9.37 Å². The van der Waals surface area contributed by atoms with Gasteiger partial charge in [-0.15, -0.1) is 0 Å². The van der Waals surface area contributed by atoms with Crippen LogP contribution in [-0.4, -0.2) is 10.5 Å². The SMILES string of the molecule is CC(C)(C)Nc1nc(Cl)c(C#N)cc1F. The molecule has 1 N–H and O–H groups in total. The average Bonchev–Trinajstić information content (AvgIpc) is 2.08. The molecule has 15 heavy (non-hydrogen) atoms. The van der Waals surface area contributed by atoms with Gasteiger partial charge in [0.15, 0.2) is 11.6 Å². The van der Waals surface area contributed by atoms with Gasteiger partial charge < -0.3 is 5.32 Å². The Labute approximate surface area is 92.9 Å². The molecule has 0 saturated carbocycles. The van der Waals surface area contributed by atoms with Crippen LogP contribution in [-0.2, 0) is 0 Å². The summed E-state index contributed by atoms with van der Waals surface area (Å²) in [6.45, 7) is 5.63. The van der Waals surface area contributed by atoms with Gasteiger partial charge in [0.2, 0.25) is 0 Å². The predicted octanol–water partition coefficient (Wildman–Crippen LogP) is 2.96. The monoisotopic (exact) mass is 227 g/mol. The number of aromatic nitrogens is 1. The van der Waals surface area contributed by atoms with Gasteiger partial charge in [0.1, 0.15) is 11.2 Å². The highest BCUT2D eigenvalue weighted by Crippen LogP contribution is 2.22. The van der Waals surface area contributed by atoms with Crippen molar-refractivity contribution in [3.8, 4) is 6.07 Å². The van der Waals surface area contributed by atoms with Crippen molar-refractivity contribution in [3.63, 3.8) is 0 Å². The van der Waals surface area contributed by atoms with Crippen molar-refractivity contribution in [2.45, 2.75) is 26.3 Å². The van der Waals surface area contributed by atoms with Gasteiger partial charge in [0, 0.05) is 5.54 Å². The summed E-state index contributed by atoms with van der Waals surface area (Å²) in [5.74, 6) is -0.516. The van der Waals surface area contributed by atoms with Crippen molar-refractivity contribution in [3.05, 3.63) is 22.6 Å². The molecule has 0 saturated heterocycles. The summed E-state index contributed by atoms with van der Waals surface area (Å²) in [5, 5.41) is 11.5. The zero-order chi connectivity index (χ0) is 11.6. The first-order valence-corrected chi connectivity index (χ1v) is 4.75. The van der Waals surface area contributed by atoms with Gasteiger partial charge in [0.05, 0.1) is 5.56 Å². The zero-order valence-corrected chi connectivity index (χ0v) is 9.48. The Balaban J connectivity index is 3.13. The lowest BCUT2D eigenvalue weighted by Gasteiger charge is -2.21. The fraction of sp³-hybridized carbons (Fsp3) is 0.400. The highest BCUT2D eigenvalue weighted by atomic mass is 35.5. The van der Waals surface area contributed by atoms with Crippen molar-refractivity contribution in [1.29, 1.82) is 5.26 Å². The predicted molar refractivity (Wildman–Crippen MR) is 57.3 cm³/mol. The van der Waals surface area contributed by atoms with Crippen molar-refractivity contribution >= 4 is 17.4 Å². The number of pyridine rings is 1. The lowest BCUT2D eigenvalue weighted by molar-refractivity contribution is 0.590. The van der Waals surface area contributed by atoms with Crippen LogP contribution in [0, 0.1) is 17.1 Å². The van der Waals surface area contributed by atoms with Crippen LogP contribution >= 0.6 is 11.6 Å². The number of nitrogens with zero attached hydrogens (tertiary/aromatic N) is 2. The number of anilines is 1. The summed E-state index contributed by atoms with van der Waals surface area (Å²) in [6.07, 6.45) is 0. The number of hydrogen-bond acceptors (Lipinski definition) is 3. The summed E-state index contributed by atoms with van der Waals surface area (Å²) in [7, 11) is 0. The molecule has 3 nitrogen and oxygen atoms in total. The van der Waals surface area contributed by atoms with Crippen molar-refractivity contribution < 1.29 is 4.39 Å². The molecule has 0 aliphatic heterocycles. The Bertz CT molecular complexity index is 418. The van der Waals surface area contributed by atoms with Crippen LogP contribution in [0.4, 0.5) is 10.2 Å². The lowest BCUT2D eigenvalue weighted by Crippen LogP contribution is -2.27. The van der Waals surface area contributed by atoms with Crippen LogP contribution in [0.5, 0.6) is 0 Å². The van der Waals surface area contributed by atoms with Crippen molar-refractivity contribution in [2.75, 3.05) is 5.32 Å². The van der Waals surface area contributed by atoms with E-state index in [2.05, 4.69) is 10.3 Å². The quantitative estimate of drug-likeness (QED) is 0.751. The largest absolute Gasteiger partial charge is 0.363 e. The minimum atomic E-state index is -0.578. The number of nitrogens with one attached hydrogen (secondary N) is 1. The van der Waals surface area contributed by atoms with E-state index in [1.165, 1.54) is 0 Å². The van der Waals surface area contributed by atoms with Gasteiger partial charge in [-0.3, -0.25) is 0 Å². The molecule has 0 spiro atoms. The van der Waals surface area contributed by atoms with Crippen LogP contribution in [0.2, 0.25) is 5.15 Å². The van der Waals surface area contributed by atoms with Crippen LogP contribution in [0.25, 0.3) is 0 Å². The maximum absolute atomic E-state index is 13.4. The number of hydrogen-bond donors (Lipinski definition) is 1. The lowest BCUT2D eigenvalue weighted by atomic mass is 10.1. The van der Waals surface area contributed by atoms with Crippen LogP contribution in [0.1, 0.15) is 26.3 Å². The van der Waals surface area contributed by atoms with Gasteiger partial charge in [-0.05, 0) is 26.8 Å². The molecule has 0 atom stereocenters. The molecule has 0 bridgehead atoms. The topological polar surface area (TPSA) is 48.7 Å². The zero-order valence-electron chi connectivity index (χ0n) is 8.73. The minimum Gasteiger partial charge on any atom is -0.363 e. The maximum atomic E-state index is 13.4. The molecule has 0 aliphatic carbocycles. The normalized spacial score (nSPS) is 10.9. The Morgan fingerprint density at radius 2 is 2.13 bits per heavy atom. The second kappa shape index (κ2) is 4.03. The highest BCUT2D eigenvalue weighted by molar-refractivity contribution is 6.30. The molecular formula is C10H11ClFN3. The second-order valence-electron chi connectivity index (χ2n) is 4.14. The van der Waals surface area contributed by atoms with E-state index in [9.17, 15) is 4.39 Å². The number of halogens is 2. The van der Waals surface area contributed by atoms with Gasteiger partial charge in [0.25, 0.3) is 0 Å². The molecule has 1 aromatic rings. The molecule has 1 rings (SSSR count). The minimum absolute atomic E-state index is 0.00523. The summed E-state index contributed by atoms with van der Waals surface area (Å²) < 4.78 is 13.4. The maximum Gasteiger partial charge on any atom is 0.166 e. The molecule has 0 amide bonds. The summed E-state index contributed by atoms with van der Waals surface area (Å²) >= 11 is 5.69. The first-order chi connectivity index (χ1) is 6.83. The highest BCUT2D eigenvalue weighted by Gasteiger charge is 2.16. The molecule has 0 aromatic carbocycles. The van der Waals surface area contributed by atoms with E-state index in [0.717, 1.165) is 6.07 Å².